The maximum Gasteiger partial charge on any atom is 0.290 e. The number of carbonyl (C=O) groups excluding carboxylic acids is 2. The van der Waals surface area contributed by atoms with Crippen LogP contribution < -0.4 is 4.74 Å². The van der Waals surface area contributed by atoms with Gasteiger partial charge in [-0.25, -0.2) is 0 Å². The van der Waals surface area contributed by atoms with Crippen molar-refractivity contribution in [1.29, 1.82) is 0 Å². The van der Waals surface area contributed by atoms with E-state index in [0.717, 1.165) is 31.6 Å². The summed E-state index contributed by atoms with van der Waals surface area (Å²) in [6.45, 7) is 12.9. The fourth-order valence-electron chi connectivity index (χ4n) is 4.16. The molecule has 1 aromatic carbocycles. The molecular formula is C26H34N2O5. The maximum atomic E-state index is 13.3. The first kappa shape index (κ1) is 24.6. The Labute approximate surface area is 195 Å². The second-order valence-electron chi connectivity index (χ2n) is 8.52. The minimum Gasteiger partial charge on any atom is -0.503 e. The van der Waals surface area contributed by atoms with E-state index in [2.05, 4.69) is 18.7 Å². The number of furan rings is 1. The van der Waals surface area contributed by atoms with E-state index in [0.29, 0.717) is 18.1 Å². The number of ether oxygens (including phenoxy) is 1. The van der Waals surface area contributed by atoms with Crippen molar-refractivity contribution < 1.29 is 23.8 Å². The largest absolute Gasteiger partial charge is 0.503 e. The Morgan fingerprint density at radius 2 is 1.82 bits per heavy atom. The molecule has 0 aliphatic carbocycles. The third-order valence-electron chi connectivity index (χ3n) is 5.85. The van der Waals surface area contributed by atoms with Crippen molar-refractivity contribution >= 4 is 11.7 Å². The smallest absolute Gasteiger partial charge is 0.290 e. The van der Waals surface area contributed by atoms with E-state index in [1.165, 1.54) is 0 Å². The molecule has 7 heteroatoms. The number of nitrogens with zero attached hydrogens (tertiary/aromatic N) is 2. The molecule has 1 amide bonds. The second kappa shape index (κ2) is 10.7. The van der Waals surface area contributed by atoms with E-state index in [9.17, 15) is 14.7 Å². The molecule has 3 rings (SSSR count). The Balaban J connectivity index is 1.94. The molecule has 1 aromatic heterocycles. The molecule has 33 heavy (non-hydrogen) atoms. The predicted molar refractivity (Wildman–Crippen MR) is 126 cm³/mol. The minimum atomic E-state index is -0.694. The zero-order valence-electron chi connectivity index (χ0n) is 20.1. The Morgan fingerprint density at radius 3 is 2.36 bits per heavy atom. The van der Waals surface area contributed by atoms with Crippen LogP contribution in [0.25, 0.3) is 0 Å². The summed E-state index contributed by atoms with van der Waals surface area (Å²) in [5.74, 6) is -0.123. The average molecular weight is 455 g/mol. The summed E-state index contributed by atoms with van der Waals surface area (Å²) in [6, 6.07) is 9.89. The number of amides is 1. The van der Waals surface area contributed by atoms with Crippen LogP contribution in [0, 0.1) is 6.92 Å². The number of aliphatic hydroxyl groups is 1. The first-order valence-corrected chi connectivity index (χ1v) is 11.6. The van der Waals surface area contributed by atoms with Crippen molar-refractivity contribution in [2.24, 2.45) is 0 Å². The van der Waals surface area contributed by atoms with E-state index < -0.39 is 23.5 Å². The molecule has 0 spiro atoms. The third kappa shape index (κ3) is 5.47. The van der Waals surface area contributed by atoms with Gasteiger partial charge >= 0.3 is 0 Å². The lowest BCUT2D eigenvalue weighted by Gasteiger charge is -2.28. The van der Waals surface area contributed by atoms with E-state index in [4.69, 9.17) is 9.15 Å². The van der Waals surface area contributed by atoms with Crippen LogP contribution in [-0.4, -0.2) is 58.9 Å². The second-order valence-corrected chi connectivity index (χ2v) is 8.52. The standard InChI is InChI=1S/C26H34N2O5/c1-6-27(7-2)15-8-16-28-23(19-10-12-20(13-11-19)32-17(3)4)22(25(30)26(28)31)24(29)21-14-9-18(5)33-21/h9-14,17,23,30H,6-8,15-16H2,1-5H3/t23-/m0/s1. The van der Waals surface area contributed by atoms with Gasteiger partial charge in [-0.15, -0.1) is 0 Å². The highest BCUT2D eigenvalue weighted by Gasteiger charge is 2.44. The molecule has 7 nitrogen and oxygen atoms in total. The molecular weight excluding hydrogens is 420 g/mol. The van der Waals surface area contributed by atoms with Crippen LogP contribution >= 0.6 is 0 Å². The summed E-state index contributed by atoms with van der Waals surface area (Å²) in [5, 5.41) is 10.8. The number of rotatable bonds is 11. The first-order chi connectivity index (χ1) is 15.8. The van der Waals surface area contributed by atoms with Crippen molar-refractivity contribution in [3.63, 3.8) is 0 Å². The highest BCUT2D eigenvalue weighted by molar-refractivity contribution is 6.15. The summed E-state index contributed by atoms with van der Waals surface area (Å²) in [7, 11) is 0. The summed E-state index contributed by atoms with van der Waals surface area (Å²) >= 11 is 0. The van der Waals surface area contributed by atoms with Gasteiger partial charge in [0.15, 0.2) is 11.5 Å². The van der Waals surface area contributed by atoms with Crippen LogP contribution in [0.1, 0.15) is 62.0 Å². The molecule has 0 fully saturated rings. The molecule has 1 N–H and O–H groups in total. The molecule has 0 bridgehead atoms. The number of hydrogen-bond acceptors (Lipinski definition) is 6. The van der Waals surface area contributed by atoms with E-state index >= 15 is 0 Å². The summed E-state index contributed by atoms with van der Waals surface area (Å²) < 4.78 is 11.2. The molecule has 1 aliphatic heterocycles. The predicted octanol–water partition coefficient (Wildman–Crippen LogP) is 4.69. The van der Waals surface area contributed by atoms with Crippen LogP contribution in [0.2, 0.25) is 0 Å². The van der Waals surface area contributed by atoms with Crippen LogP contribution in [0.4, 0.5) is 0 Å². The van der Waals surface area contributed by atoms with Crippen LogP contribution in [0.3, 0.4) is 0 Å². The molecule has 0 unspecified atom stereocenters. The lowest BCUT2D eigenvalue weighted by molar-refractivity contribution is -0.129. The quantitative estimate of drug-likeness (QED) is 0.496. The number of hydrogen-bond donors (Lipinski definition) is 1. The van der Waals surface area contributed by atoms with Crippen molar-refractivity contribution in [1.82, 2.24) is 9.80 Å². The van der Waals surface area contributed by atoms with Gasteiger partial charge in [-0.05, 0) is 76.7 Å². The van der Waals surface area contributed by atoms with Gasteiger partial charge in [-0.1, -0.05) is 26.0 Å². The summed E-state index contributed by atoms with van der Waals surface area (Å²) in [5.41, 5.74) is 0.785. The zero-order chi connectivity index (χ0) is 24.1. The van der Waals surface area contributed by atoms with Gasteiger partial charge < -0.3 is 24.1 Å². The number of aliphatic hydroxyl groups excluding tert-OH is 1. The number of carbonyl (C=O) groups is 2. The maximum absolute atomic E-state index is 13.3. The first-order valence-electron chi connectivity index (χ1n) is 11.6. The Kier molecular flexibility index (Phi) is 7.97. The average Bonchev–Trinajstić information content (AvgIpc) is 3.33. The number of Topliss-reactive ketones (excluding diaryl/α,β-unsaturated/α-hetero) is 1. The lowest BCUT2D eigenvalue weighted by atomic mass is 9.95. The SMILES string of the molecule is CCN(CC)CCCN1C(=O)C(O)=C(C(=O)c2ccc(C)o2)[C@@H]1c1ccc(OC(C)C)cc1. The molecule has 0 saturated heterocycles. The van der Waals surface area contributed by atoms with Gasteiger partial charge in [0.05, 0.1) is 17.7 Å². The van der Waals surface area contributed by atoms with E-state index in [-0.39, 0.29) is 17.4 Å². The van der Waals surface area contributed by atoms with Crippen LogP contribution in [0.5, 0.6) is 5.75 Å². The topological polar surface area (TPSA) is 83.2 Å². The number of ketones is 1. The van der Waals surface area contributed by atoms with Crippen LogP contribution in [-0.2, 0) is 4.79 Å². The van der Waals surface area contributed by atoms with Gasteiger partial charge in [0.2, 0.25) is 5.78 Å². The van der Waals surface area contributed by atoms with Crippen molar-refractivity contribution in [2.45, 2.75) is 53.2 Å². The van der Waals surface area contributed by atoms with Gasteiger partial charge in [-0.2, -0.15) is 0 Å². The molecule has 0 radical (unpaired) electrons. The highest BCUT2D eigenvalue weighted by Crippen LogP contribution is 2.39. The zero-order valence-corrected chi connectivity index (χ0v) is 20.1. The summed E-state index contributed by atoms with van der Waals surface area (Å²) in [6.07, 6.45) is 0.760. The minimum absolute atomic E-state index is 0.0313. The van der Waals surface area contributed by atoms with Crippen molar-refractivity contribution in [3.05, 3.63) is 64.8 Å². The van der Waals surface area contributed by atoms with Gasteiger partial charge in [0, 0.05) is 6.54 Å². The Morgan fingerprint density at radius 1 is 1.15 bits per heavy atom. The summed E-state index contributed by atoms with van der Waals surface area (Å²) in [4.78, 5) is 30.2. The number of aryl methyl sites for hydroxylation is 1. The number of benzene rings is 1. The van der Waals surface area contributed by atoms with Crippen LogP contribution in [0.15, 0.2) is 52.1 Å². The molecule has 1 aliphatic rings. The molecule has 2 aromatic rings. The van der Waals surface area contributed by atoms with Crippen molar-refractivity contribution in [2.75, 3.05) is 26.2 Å². The molecule has 178 valence electrons. The molecule has 0 saturated carbocycles. The van der Waals surface area contributed by atoms with E-state index in [1.807, 2.05) is 38.1 Å². The van der Waals surface area contributed by atoms with Gasteiger partial charge in [0.25, 0.3) is 5.91 Å². The highest BCUT2D eigenvalue weighted by atomic mass is 16.5. The lowest BCUT2D eigenvalue weighted by Crippen LogP contribution is -2.34. The van der Waals surface area contributed by atoms with Gasteiger partial charge in [0.1, 0.15) is 11.5 Å². The van der Waals surface area contributed by atoms with Crippen molar-refractivity contribution in [3.8, 4) is 5.75 Å². The fourth-order valence-corrected chi connectivity index (χ4v) is 4.16. The monoisotopic (exact) mass is 454 g/mol. The van der Waals surface area contributed by atoms with E-state index in [1.54, 1.807) is 24.0 Å². The van der Waals surface area contributed by atoms with Gasteiger partial charge in [-0.3, -0.25) is 9.59 Å². The fraction of sp³-hybridized carbons (Fsp3) is 0.462. The normalized spacial score (nSPS) is 16.4. The Bertz CT molecular complexity index is 1000. The molecule has 2 heterocycles. The Hall–Kier alpha value is -3.06. The third-order valence-corrected chi connectivity index (χ3v) is 5.85. The molecule has 1 atom stereocenters.